The molecule has 0 aliphatic rings. The molecule has 0 unspecified atom stereocenters. The Labute approximate surface area is 170 Å². The minimum Gasteiger partial charge on any atom is -0.336 e. The number of imidazole rings is 1. The van der Waals surface area contributed by atoms with Gasteiger partial charge in [-0.15, -0.1) is 0 Å². The highest BCUT2D eigenvalue weighted by Crippen LogP contribution is 2.25. The smallest absolute Gasteiger partial charge is 0.319 e. The molecule has 29 heavy (non-hydrogen) atoms. The van der Waals surface area contributed by atoms with Gasteiger partial charge in [0.05, 0.1) is 11.0 Å². The maximum Gasteiger partial charge on any atom is 0.319 e. The van der Waals surface area contributed by atoms with Crippen molar-refractivity contribution in [2.75, 3.05) is 11.9 Å². The Kier molecular flexibility index (Phi) is 5.29. The van der Waals surface area contributed by atoms with Gasteiger partial charge in [-0.3, -0.25) is 0 Å². The van der Waals surface area contributed by atoms with Crippen LogP contribution in [0.5, 0.6) is 0 Å². The Morgan fingerprint density at radius 1 is 0.897 bits per heavy atom. The number of hydrogen-bond donors (Lipinski definition) is 2. The molecule has 0 aliphatic carbocycles. The molecule has 1 aromatic heterocycles. The summed E-state index contributed by atoms with van der Waals surface area (Å²) in [5, 5.41) is 5.80. The lowest BCUT2D eigenvalue weighted by Crippen LogP contribution is -2.31. The molecule has 0 radical (unpaired) electrons. The molecule has 3 aromatic carbocycles. The number of carbonyl (C=O) groups excluding carboxylic acids is 1. The highest BCUT2D eigenvalue weighted by Gasteiger charge is 2.12. The molecule has 5 heteroatoms. The number of carbonyl (C=O) groups is 1. The summed E-state index contributed by atoms with van der Waals surface area (Å²) in [6.07, 6.45) is 0. The Hall–Kier alpha value is -3.60. The number of aromatic nitrogens is 2. The van der Waals surface area contributed by atoms with E-state index in [1.54, 1.807) is 0 Å². The molecule has 146 valence electrons. The maximum absolute atomic E-state index is 12.2. The fourth-order valence-electron chi connectivity index (χ4n) is 3.32. The van der Waals surface area contributed by atoms with Crippen molar-refractivity contribution in [3.05, 3.63) is 83.9 Å². The lowest BCUT2D eigenvalue weighted by atomic mass is 10.1. The summed E-state index contributed by atoms with van der Waals surface area (Å²) >= 11 is 0. The van der Waals surface area contributed by atoms with Gasteiger partial charge in [-0.1, -0.05) is 59.7 Å². The van der Waals surface area contributed by atoms with Gasteiger partial charge < -0.3 is 15.2 Å². The van der Waals surface area contributed by atoms with Gasteiger partial charge in [0.25, 0.3) is 0 Å². The van der Waals surface area contributed by atoms with Crippen molar-refractivity contribution in [2.45, 2.75) is 20.4 Å². The second kappa shape index (κ2) is 8.19. The summed E-state index contributed by atoms with van der Waals surface area (Å²) in [5.41, 5.74) is 6.23. The average molecular weight is 384 g/mol. The lowest BCUT2D eigenvalue weighted by molar-refractivity contribution is 0.251. The van der Waals surface area contributed by atoms with E-state index in [9.17, 15) is 4.79 Å². The summed E-state index contributed by atoms with van der Waals surface area (Å²) in [6.45, 7) is 5.22. The quantitative estimate of drug-likeness (QED) is 0.500. The number of anilines is 1. The molecule has 0 bridgehead atoms. The van der Waals surface area contributed by atoms with Crippen molar-refractivity contribution in [3.63, 3.8) is 0 Å². The molecule has 5 nitrogen and oxygen atoms in total. The number of benzene rings is 3. The Morgan fingerprint density at radius 2 is 1.55 bits per heavy atom. The number of aryl methyl sites for hydroxylation is 2. The van der Waals surface area contributed by atoms with Crippen molar-refractivity contribution >= 4 is 22.8 Å². The second-order valence-electron chi connectivity index (χ2n) is 7.19. The number of para-hydroxylation sites is 2. The van der Waals surface area contributed by atoms with Crippen LogP contribution in [0.1, 0.15) is 11.1 Å². The first-order chi connectivity index (χ1) is 14.1. The van der Waals surface area contributed by atoms with Crippen LogP contribution in [-0.4, -0.2) is 22.1 Å². The van der Waals surface area contributed by atoms with Crippen LogP contribution in [-0.2, 0) is 6.54 Å². The van der Waals surface area contributed by atoms with Crippen LogP contribution in [0.15, 0.2) is 72.8 Å². The van der Waals surface area contributed by atoms with E-state index in [2.05, 4.69) is 52.5 Å². The maximum atomic E-state index is 12.2. The molecule has 0 saturated heterocycles. The van der Waals surface area contributed by atoms with E-state index in [0.717, 1.165) is 33.7 Å². The van der Waals surface area contributed by atoms with Crippen molar-refractivity contribution in [2.24, 2.45) is 0 Å². The molecule has 1 heterocycles. The normalized spacial score (nSPS) is 10.8. The van der Waals surface area contributed by atoms with Gasteiger partial charge in [0.2, 0.25) is 0 Å². The zero-order chi connectivity index (χ0) is 20.2. The second-order valence-corrected chi connectivity index (χ2v) is 7.19. The fourth-order valence-corrected chi connectivity index (χ4v) is 3.32. The molecule has 0 aliphatic heterocycles. The summed E-state index contributed by atoms with van der Waals surface area (Å²) in [7, 11) is 0. The first kappa shape index (κ1) is 18.7. The number of urea groups is 1. The first-order valence-electron chi connectivity index (χ1n) is 9.74. The Morgan fingerprint density at radius 3 is 2.28 bits per heavy atom. The average Bonchev–Trinajstić information content (AvgIpc) is 3.09. The molecule has 0 fully saturated rings. The molecular weight excluding hydrogens is 360 g/mol. The SMILES string of the molecule is Cc1ccc(NC(=O)NCCn2c(-c3ccc(C)cc3)nc3ccccc32)cc1. The zero-order valence-corrected chi connectivity index (χ0v) is 16.6. The monoisotopic (exact) mass is 384 g/mol. The largest absolute Gasteiger partial charge is 0.336 e. The summed E-state index contributed by atoms with van der Waals surface area (Å²) in [6, 6.07) is 24.0. The number of rotatable bonds is 5. The standard InChI is InChI=1S/C24H24N4O/c1-17-7-11-19(12-8-17)23-27-21-5-3-4-6-22(21)28(23)16-15-25-24(29)26-20-13-9-18(2)10-14-20/h3-14H,15-16H2,1-2H3,(H2,25,26,29). The minimum atomic E-state index is -0.213. The van der Waals surface area contributed by atoms with Crippen LogP contribution in [0.4, 0.5) is 10.5 Å². The molecule has 4 rings (SSSR count). The van der Waals surface area contributed by atoms with E-state index in [-0.39, 0.29) is 6.03 Å². The van der Waals surface area contributed by atoms with Gasteiger partial charge in [0.15, 0.2) is 0 Å². The number of nitrogens with zero attached hydrogens (tertiary/aromatic N) is 2. The van der Waals surface area contributed by atoms with E-state index in [4.69, 9.17) is 4.98 Å². The van der Waals surface area contributed by atoms with E-state index in [1.807, 2.05) is 49.4 Å². The number of amides is 2. The van der Waals surface area contributed by atoms with Crippen molar-refractivity contribution in [3.8, 4) is 11.4 Å². The topological polar surface area (TPSA) is 59.0 Å². The molecule has 2 N–H and O–H groups in total. The van der Waals surface area contributed by atoms with Crippen LogP contribution < -0.4 is 10.6 Å². The van der Waals surface area contributed by atoms with E-state index in [0.29, 0.717) is 13.1 Å². The fraction of sp³-hybridized carbons (Fsp3) is 0.167. The van der Waals surface area contributed by atoms with Crippen molar-refractivity contribution < 1.29 is 4.79 Å². The minimum absolute atomic E-state index is 0.213. The zero-order valence-electron chi connectivity index (χ0n) is 16.6. The Balaban J connectivity index is 1.49. The third-order valence-electron chi connectivity index (χ3n) is 4.89. The van der Waals surface area contributed by atoms with Gasteiger partial charge in [-0.2, -0.15) is 0 Å². The highest BCUT2D eigenvalue weighted by atomic mass is 16.2. The van der Waals surface area contributed by atoms with Gasteiger partial charge in [-0.05, 0) is 38.1 Å². The number of fused-ring (bicyclic) bond motifs is 1. The van der Waals surface area contributed by atoms with Gasteiger partial charge in [0.1, 0.15) is 5.82 Å². The predicted octanol–water partition coefficient (Wildman–Crippen LogP) is 5.14. The van der Waals surface area contributed by atoms with E-state index in [1.165, 1.54) is 5.56 Å². The van der Waals surface area contributed by atoms with E-state index >= 15 is 0 Å². The van der Waals surface area contributed by atoms with Gasteiger partial charge in [0, 0.05) is 24.3 Å². The van der Waals surface area contributed by atoms with E-state index < -0.39 is 0 Å². The molecule has 4 aromatic rings. The summed E-state index contributed by atoms with van der Waals surface area (Å²) < 4.78 is 2.16. The molecule has 2 amide bonds. The van der Waals surface area contributed by atoms with Crippen LogP contribution in [0, 0.1) is 13.8 Å². The van der Waals surface area contributed by atoms with Crippen LogP contribution in [0.25, 0.3) is 22.4 Å². The molecule has 0 atom stereocenters. The third-order valence-corrected chi connectivity index (χ3v) is 4.89. The van der Waals surface area contributed by atoms with Gasteiger partial charge >= 0.3 is 6.03 Å². The molecule has 0 saturated carbocycles. The molecular formula is C24H24N4O. The van der Waals surface area contributed by atoms with Gasteiger partial charge in [-0.25, -0.2) is 9.78 Å². The van der Waals surface area contributed by atoms with Crippen molar-refractivity contribution in [1.82, 2.24) is 14.9 Å². The van der Waals surface area contributed by atoms with Crippen LogP contribution >= 0.6 is 0 Å². The van der Waals surface area contributed by atoms with Crippen LogP contribution in [0.3, 0.4) is 0 Å². The van der Waals surface area contributed by atoms with Crippen LogP contribution in [0.2, 0.25) is 0 Å². The Bertz CT molecular complexity index is 1130. The third kappa shape index (κ3) is 4.29. The first-order valence-corrected chi connectivity index (χ1v) is 9.74. The summed E-state index contributed by atoms with van der Waals surface area (Å²) in [5.74, 6) is 0.909. The number of hydrogen-bond acceptors (Lipinski definition) is 2. The number of nitrogens with one attached hydrogen (secondary N) is 2. The summed E-state index contributed by atoms with van der Waals surface area (Å²) in [4.78, 5) is 17.1. The molecule has 0 spiro atoms. The van der Waals surface area contributed by atoms with Crippen molar-refractivity contribution in [1.29, 1.82) is 0 Å². The predicted molar refractivity (Wildman–Crippen MR) is 118 cm³/mol. The lowest BCUT2D eigenvalue weighted by Gasteiger charge is -2.12. The highest BCUT2D eigenvalue weighted by molar-refractivity contribution is 5.89.